The number of anilines is 1. The Kier molecular flexibility index (Phi) is 4.85. The number of thioether (sulfide) groups is 1. The lowest BCUT2D eigenvalue weighted by molar-refractivity contribution is -0.141. The summed E-state index contributed by atoms with van der Waals surface area (Å²) in [4.78, 5) is 0. The van der Waals surface area contributed by atoms with E-state index < -0.39 is 11.9 Å². The van der Waals surface area contributed by atoms with Crippen LogP contribution in [0.1, 0.15) is 12.1 Å². The fourth-order valence-electron chi connectivity index (χ4n) is 1.01. The molecule has 1 rings (SSSR count). The van der Waals surface area contributed by atoms with Gasteiger partial charge in [-0.15, -0.1) is 10.2 Å². The average molecular weight is 251 g/mol. The lowest BCUT2D eigenvalue weighted by atomic mass is 10.3. The molecule has 0 amide bonds. The van der Waals surface area contributed by atoms with Gasteiger partial charge in [-0.1, -0.05) is 0 Å². The molecule has 1 N–H and O–H groups in total. The molecule has 0 saturated heterocycles. The Morgan fingerprint density at radius 2 is 2.06 bits per heavy atom. The van der Waals surface area contributed by atoms with Gasteiger partial charge >= 0.3 is 6.18 Å². The van der Waals surface area contributed by atoms with Gasteiger partial charge in [0, 0.05) is 6.54 Å². The molecule has 1 aromatic rings. The molecule has 7 heteroatoms. The summed E-state index contributed by atoms with van der Waals surface area (Å²) in [6.45, 7) is 0.681. The van der Waals surface area contributed by atoms with E-state index in [1.165, 1.54) is 6.07 Å². The highest BCUT2D eigenvalue weighted by molar-refractivity contribution is 7.98. The van der Waals surface area contributed by atoms with Crippen molar-refractivity contribution >= 4 is 17.6 Å². The Bertz CT molecular complexity index is 313. The van der Waals surface area contributed by atoms with Crippen LogP contribution in [0.15, 0.2) is 12.1 Å². The summed E-state index contributed by atoms with van der Waals surface area (Å²) in [5.41, 5.74) is -0.970. The Morgan fingerprint density at radius 1 is 1.31 bits per heavy atom. The summed E-state index contributed by atoms with van der Waals surface area (Å²) >= 11 is 1.72. The van der Waals surface area contributed by atoms with Gasteiger partial charge in [0.05, 0.1) is 0 Å². The zero-order chi connectivity index (χ0) is 12.0. The van der Waals surface area contributed by atoms with Crippen LogP contribution in [0, 0.1) is 0 Å². The zero-order valence-electron chi connectivity index (χ0n) is 8.71. The van der Waals surface area contributed by atoms with Crippen molar-refractivity contribution in [2.75, 3.05) is 23.9 Å². The second kappa shape index (κ2) is 5.93. The molecule has 0 bridgehead atoms. The second-order valence-electron chi connectivity index (χ2n) is 3.07. The van der Waals surface area contributed by atoms with Crippen LogP contribution in [0.4, 0.5) is 19.0 Å². The first-order valence-electron chi connectivity index (χ1n) is 4.68. The fourth-order valence-corrected chi connectivity index (χ4v) is 1.44. The summed E-state index contributed by atoms with van der Waals surface area (Å²) in [7, 11) is 0. The molecule has 0 unspecified atom stereocenters. The minimum Gasteiger partial charge on any atom is -0.369 e. The molecule has 0 aromatic carbocycles. The van der Waals surface area contributed by atoms with Crippen LogP contribution in [0.25, 0.3) is 0 Å². The Hall–Kier alpha value is -0.980. The topological polar surface area (TPSA) is 37.8 Å². The maximum absolute atomic E-state index is 12.1. The summed E-state index contributed by atoms with van der Waals surface area (Å²) in [6, 6.07) is 2.21. The lowest BCUT2D eigenvalue weighted by Gasteiger charge is -2.06. The van der Waals surface area contributed by atoms with Crippen LogP contribution in [0.2, 0.25) is 0 Å². The molecule has 0 aliphatic heterocycles. The molecule has 0 saturated carbocycles. The highest BCUT2D eigenvalue weighted by Gasteiger charge is 2.32. The van der Waals surface area contributed by atoms with Gasteiger partial charge < -0.3 is 5.32 Å². The predicted octanol–water partition coefficient (Wildman–Crippen LogP) is 2.66. The SMILES string of the molecule is CSCCCNc1ccc(C(F)(F)F)nn1. The molecule has 90 valence electrons. The zero-order valence-corrected chi connectivity index (χ0v) is 9.53. The number of halogens is 3. The monoisotopic (exact) mass is 251 g/mol. The van der Waals surface area contributed by atoms with Crippen LogP contribution in [-0.2, 0) is 6.18 Å². The minimum atomic E-state index is -4.43. The van der Waals surface area contributed by atoms with Crippen molar-refractivity contribution in [1.29, 1.82) is 0 Å². The van der Waals surface area contributed by atoms with Gasteiger partial charge in [-0.25, -0.2) is 0 Å². The highest BCUT2D eigenvalue weighted by Crippen LogP contribution is 2.26. The molecule has 0 aliphatic carbocycles. The van der Waals surface area contributed by atoms with E-state index in [1.54, 1.807) is 11.8 Å². The number of hydrogen-bond acceptors (Lipinski definition) is 4. The minimum absolute atomic E-state index is 0.370. The maximum atomic E-state index is 12.1. The third-order valence-corrected chi connectivity index (χ3v) is 2.48. The number of aromatic nitrogens is 2. The number of alkyl halides is 3. The van der Waals surface area contributed by atoms with Crippen molar-refractivity contribution in [3.05, 3.63) is 17.8 Å². The predicted molar refractivity (Wildman–Crippen MR) is 58.5 cm³/mol. The van der Waals surface area contributed by atoms with Gasteiger partial charge in [0.25, 0.3) is 0 Å². The third kappa shape index (κ3) is 4.26. The summed E-state index contributed by atoms with van der Waals surface area (Å²) in [5.74, 6) is 1.37. The van der Waals surface area contributed by atoms with Crippen LogP contribution >= 0.6 is 11.8 Å². The van der Waals surface area contributed by atoms with Crippen molar-refractivity contribution in [2.24, 2.45) is 0 Å². The molecule has 3 nitrogen and oxygen atoms in total. The Morgan fingerprint density at radius 3 is 2.56 bits per heavy atom. The van der Waals surface area contributed by atoms with Gasteiger partial charge in [-0.05, 0) is 30.6 Å². The summed E-state index contributed by atoms with van der Waals surface area (Å²) in [5, 5.41) is 9.46. The largest absolute Gasteiger partial charge is 0.435 e. The Balaban J connectivity index is 2.46. The van der Waals surface area contributed by atoms with Crippen molar-refractivity contribution in [3.8, 4) is 0 Å². The van der Waals surface area contributed by atoms with Gasteiger partial charge in [-0.2, -0.15) is 24.9 Å². The van der Waals surface area contributed by atoms with E-state index in [0.29, 0.717) is 12.4 Å². The van der Waals surface area contributed by atoms with Crippen LogP contribution in [0.5, 0.6) is 0 Å². The number of hydrogen-bond donors (Lipinski definition) is 1. The summed E-state index contributed by atoms with van der Waals surface area (Å²) < 4.78 is 36.4. The highest BCUT2D eigenvalue weighted by atomic mass is 32.2. The number of nitrogens with one attached hydrogen (secondary N) is 1. The molecule has 0 radical (unpaired) electrons. The first-order chi connectivity index (χ1) is 7.54. The van der Waals surface area contributed by atoms with Gasteiger partial charge in [0.1, 0.15) is 5.82 Å². The first-order valence-corrected chi connectivity index (χ1v) is 6.07. The van der Waals surface area contributed by atoms with Crippen molar-refractivity contribution < 1.29 is 13.2 Å². The van der Waals surface area contributed by atoms with Gasteiger partial charge in [0.2, 0.25) is 0 Å². The molecule has 16 heavy (non-hydrogen) atoms. The van der Waals surface area contributed by atoms with Crippen LogP contribution < -0.4 is 5.32 Å². The van der Waals surface area contributed by atoms with Crippen molar-refractivity contribution in [3.63, 3.8) is 0 Å². The quantitative estimate of drug-likeness (QED) is 0.816. The van der Waals surface area contributed by atoms with E-state index >= 15 is 0 Å². The molecule has 1 heterocycles. The van der Waals surface area contributed by atoms with E-state index in [9.17, 15) is 13.2 Å². The normalized spacial score (nSPS) is 11.5. The smallest absolute Gasteiger partial charge is 0.369 e. The molecule has 1 aromatic heterocycles. The maximum Gasteiger partial charge on any atom is 0.435 e. The van der Waals surface area contributed by atoms with Crippen molar-refractivity contribution in [1.82, 2.24) is 10.2 Å². The second-order valence-corrected chi connectivity index (χ2v) is 4.06. The van der Waals surface area contributed by atoms with Crippen LogP contribution in [0.3, 0.4) is 0 Å². The molecule has 0 atom stereocenters. The standard InChI is InChI=1S/C9H12F3N3S/c1-16-6-2-5-13-8-4-3-7(14-15-8)9(10,11)12/h3-4H,2,5-6H2,1H3,(H,13,15). The van der Waals surface area contributed by atoms with E-state index in [1.807, 2.05) is 6.26 Å². The Labute approximate surface area is 95.8 Å². The van der Waals surface area contributed by atoms with E-state index in [-0.39, 0.29) is 0 Å². The summed E-state index contributed by atoms with van der Waals surface area (Å²) in [6.07, 6.45) is -1.49. The van der Waals surface area contributed by atoms with E-state index in [0.717, 1.165) is 18.2 Å². The van der Waals surface area contributed by atoms with Gasteiger partial charge in [-0.3, -0.25) is 0 Å². The van der Waals surface area contributed by atoms with Gasteiger partial charge in [0.15, 0.2) is 5.69 Å². The van der Waals surface area contributed by atoms with E-state index in [2.05, 4.69) is 15.5 Å². The van der Waals surface area contributed by atoms with Crippen LogP contribution in [-0.4, -0.2) is 28.8 Å². The fraction of sp³-hybridized carbons (Fsp3) is 0.556. The lowest BCUT2D eigenvalue weighted by Crippen LogP contribution is -2.11. The number of nitrogens with zero attached hydrogens (tertiary/aromatic N) is 2. The molecule has 0 fully saturated rings. The molecule has 0 spiro atoms. The number of rotatable bonds is 5. The van der Waals surface area contributed by atoms with E-state index in [4.69, 9.17) is 0 Å². The molecular weight excluding hydrogens is 239 g/mol. The molecular formula is C9H12F3N3S. The average Bonchev–Trinajstić information content (AvgIpc) is 2.24. The van der Waals surface area contributed by atoms with Crippen molar-refractivity contribution in [2.45, 2.75) is 12.6 Å². The first kappa shape index (κ1) is 13.1. The molecule has 0 aliphatic rings. The third-order valence-electron chi connectivity index (χ3n) is 1.79.